The van der Waals surface area contributed by atoms with Gasteiger partial charge in [-0.1, -0.05) is 11.8 Å². The lowest BCUT2D eigenvalue weighted by atomic mass is 9.97. The molecular weight excluding hydrogens is 240 g/mol. The third kappa shape index (κ3) is 4.43. The van der Waals surface area contributed by atoms with E-state index in [1.165, 1.54) is 0 Å². The molecule has 0 aromatic rings. The van der Waals surface area contributed by atoms with Gasteiger partial charge in [0.25, 0.3) is 0 Å². The highest BCUT2D eigenvalue weighted by Gasteiger charge is 2.28. The van der Waals surface area contributed by atoms with E-state index in [0.717, 1.165) is 32.4 Å². The fourth-order valence-electron chi connectivity index (χ4n) is 2.32. The summed E-state index contributed by atoms with van der Waals surface area (Å²) >= 11 is 0. The Morgan fingerprint density at radius 1 is 1.32 bits per heavy atom. The number of likely N-dealkylation sites (tertiary alicyclic amines) is 1. The summed E-state index contributed by atoms with van der Waals surface area (Å²) in [4.78, 5) is 13.7. The van der Waals surface area contributed by atoms with Crippen LogP contribution in [0.4, 0.5) is 4.79 Å². The summed E-state index contributed by atoms with van der Waals surface area (Å²) < 4.78 is 5.51. The SMILES string of the molecule is CC(C)(C)C#CC1C[C@@H](OC(=O)N2CCCC2)CN1. The van der Waals surface area contributed by atoms with Gasteiger partial charge in [0.05, 0.1) is 6.04 Å². The van der Waals surface area contributed by atoms with E-state index < -0.39 is 0 Å². The van der Waals surface area contributed by atoms with Crippen LogP contribution < -0.4 is 5.32 Å². The van der Waals surface area contributed by atoms with Gasteiger partial charge in [0.2, 0.25) is 0 Å². The lowest BCUT2D eigenvalue weighted by Crippen LogP contribution is -2.32. The predicted molar refractivity (Wildman–Crippen MR) is 74.7 cm³/mol. The Bertz CT molecular complexity index is 383. The molecular formula is C15H24N2O2. The molecule has 2 saturated heterocycles. The maximum Gasteiger partial charge on any atom is 0.410 e. The highest BCUT2D eigenvalue weighted by molar-refractivity contribution is 5.68. The van der Waals surface area contributed by atoms with Gasteiger partial charge < -0.3 is 9.64 Å². The van der Waals surface area contributed by atoms with Crippen LogP contribution in [0, 0.1) is 17.3 Å². The quantitative estimate of drug-likeness (QED) is 0.737. The maximum atomic E-state index is 11.9. The minimum Gasteiger partial charge on any atom is -0.445 e. The van der Waals surface area contributed by atoms with Crippen LogP contribution in [0.25, 0.3) is 0 Å². The zero-order valence-electron chi connectivity index (χ0n) is 12.2. The number of nitrogens with one attached hydrogen (secondary N) is 1. The molecule has 1 unspecified atom stereocenters. The van der Waals surface area contributed by atoms with Gasteiger partial charge in [0, 0.05) is 31.5 Å². The van der Waals surface area contributed by atoms with Crippen molar-refractivity contribution in [2.75, 3.05) is 19.6 Å². The van der Waals surface area contributed by atoms with Gasteiger partial charge in [-0.3, -0.25) is 5.32 Å². The van der Waals surface area contributed by atoms with Gasteiger partial charge in [-0.15, -0.1) is 0 Å². The molecule has 0 saturated carbocycles. The number of amides is 1. The lowest BCUT2D eigenvalue weighted by Gasteiger charge is -2.18. The van der Waals surface area contributed by atoms with Gasteiger partial charge in [-0.25, -0.2) is 4.79 Å². The fourth-order valence-corrected chi connectivity index (χ4v) is 2.32. The van der Waals surface area contributed by atoms with Crippen molar-refractivity contribution in [1.29, 1.82) is 0 Å². The Balaban J connectivity index is 1.78. The summed E-state index contributed by atoms with van der Waals surface area (Å²) in [6.07, 6.45) is 2.79. The van der Waals surface area contributed by atoms with Crippen LogP contribution in [-0.4, -0.2) is 42.8 Å². The third-order valence-electron chi connectivity index (χ3n) is 3.34. The zero-order valence-corrected chi connectivity index (χ0v) is 12.2. The molecule has 1 N–H and O–H groups in total. The molecule has 0 aliphatic carbocycles. The van der Waals surface area contributed by atoms with E-state index in [9.17, 15) is 4.79 Å². The summed E-state index contributed by atoms with van der Waals surface area (Å²) in [5, 5.41) is 3.31. The number of ether oxygens (including phenoxy) is 1. The van der Waals surface area contributed by atoms with Gasteiger partial charge in [-0.2, -0.15) is 0 Å². The first kappa shape index (κ1) is 14.2. The van der Waals surface area contributed by atoms with E-state index in [1.54, 1.807) is 4.90 Å². The average Bonchev–Trinajstić information content (AvgIpc) is 2.96. The molecule has 2 rings (SSSR count). The van der Waals surface area contributed by atoms with Crippen molar-refractivity contribution in [3.63, 3.8) is 0 Å². The number of rotatable bonds is 1. The van der Waals surface area contributed by atoms with Crippen molar-refractivity contribution >= 4 is 6.09 Å². The average molecular weight is 264 g/mol. The summed E-state index contributed by atoms with van der Waals surface area (Å²) in [6, 6.07) is 0.149. The second-order valence-corrected chi connectivity index (χ2v) is 6.42. The summed E-state index contributed by atoms with van der Waals surface area (Å²) in [5.41, 5.74) is 0.0198. The molecule has 19 heavy (non-hydrogen) atoms. The molecule has 106 valence electrons. The van der Waals surface area contributed by atoms with E-state index in [2.05, 4.69) is 37.9 Å². The first-order valence-corrected chi connectivity index (χ1v) is 7.16. The van der Waals surface area contributed by atoms with E-state index in [4.69, 9.17) is 4.74 Å². The Morgan fingerprint density at radius 2 is 2.00 bits per heavy atom. The topological polar surface area (TPSA) is 41.6 Å². The number of nitrogens with zero attached hydrogens (tertiary/aromatic N) is 1. The highest BCUT2D eigenvalue weighted by atomic mass is 16.6. The van der Waals surface area contributed by atoms with E-state index in [0.29, 0.717) is 6.54 Å². The first-order chi connectivity index (χ1) is 8.94. The molecule has 0 aromatic heterocycles. The van der Waals surface area contributed by atoms with Crippen LogP contribution in [0.3, 0.4) is 0 Å². The molecule has 2 heterocycles. The lowest BCUT2D eigenvalue weighted by molar-refractivity contribution is 0.0763. The maximum absolute atomic E-state index is 11.9. The van der Waals surface area contributed by atoms with Crippen LogP contribution in [-0.2, 0) is 4.74 Å². The van der Waals surface area contributed by atoms with Crippen molar-refractivity contribution in [2.45, 2.75) is 52.2 Å². The van der Waals surface area contributed by atoms with Crippen LogP contribution in [0.15, 0.2) is 0 Å². The monoisotopic (exact) mass is 264 g/mol. The van der Waals surface area contributed by atoms with Crippen molar-refractivity contribution in [3.05, 3.63) is 0 Å². The summed E-state index contributed by atoms with van der Waals surface area (Å²) in [6.45, 7) is 8.68. The van der Waals surface area contributed by atoms with Crippen LogP contribution in [0.2, 0.25) is 0 Å². The first-order valence-electron chi connectivity index (χ1n) is 7.16. The van der Waals surface area contributed by atoms with Crippen molar-refractivity contribution < 1.29 is 9.53 Å². The van der Waals surface area contributed by atoms with E-state index in [-0.39, 0.29) is 23.7 Å². The second-order valence-electron chi connectivity index (χ2n) is 6.42. The Kier molecular flexibility index (Phi) is 4.36. The predicted octanol–water partition coefficient (Wildman–Crippen LogP) is 2.00. The molecule has 4 nitrogen and oxygen atoms in total. The number of carbonyl (C=O) groups excluding carboxylic acids is 1. The molecule has 2 aliphatic rings. The zero-order chi connectivity index (χ0) is 13.9. The highest BCUT2D eigenvalue weighted by Crippen LogP contribution is 2.16. The van der Waals surface area contributed by atoms with Gasteiger partial charge in [0.15, 0.2) is 0 Å². The second kappa shape index (κ2) is 5.83. The van der Waals surface area contributed by atoms with Gasteiger partial charge in [0.1, 0.15) is 6.10 Å². The number of carbonyl (C=O) groups is 1. The van der Waals surface area contributed by atoms with E-state index >= 15 is 0 Å². The molecule has 0 spiro atoms. The summed E-state index contributed by atoms with van der Waals surface area (Å²) in [5.74, 6) is 6.46. The molecule has 4 heteroatoms. The van der Waals surface area contributed by atoms with Crippen LogP contribution in [0.1, 0.15) is 40.0 Å². The molecule has 2 atom stereocenters. The van der Waals surface area contributed by atoms with Crippen LogP contribution in [0.5, 0.6) is 0 Å². The molecule has 2 fully saturated rings. The Hall–Kier alpha value is -1.21. The van der Waals surface area contributed by atoms with Crippen LogP contribution >= 0.6 is 0 Å². The number of hydrogen-bond acceptors (Lipinski definition) is 3. The number of hydrogen-bond donors (Lipinski definition) is 1. The van der Waals surface area contributed by atoms with Crippen molar-refractivity contribution in [2.24, 2.45) is 5.41 Å². The van der Waals surface area contributed by atoms with Gasteiger partial charge in [-0.05, 0) is 33.6 Å². The molecule has 1 amide bonds. The fraction of sp³-hybridized carbons (Fsp3) is 0.800. The molecule has 0 aromatic carbocycles. The molecule has 0 bridgehead atoms. The smallest absolute Gasteiger partial charge is 0.410 e. The molecule has 2 aliphatic heterocycles. The summed E-state index contributed by atoms with van der Waals surface area (Å²) in [7, 11) is 0. The minimum absolute atomic E-state index is 0.0198. The molecule has 0 radical (unpaired) electrons. The van der Waals surface area contributed by atoms with Crippen molar-refractivity contribution in [1.82, 2.24) is 10.2 Å². The Labute approximate surface area is 115 Å². The standard InChI is InChI=1S/C15H24N2O2/c1-15(2,3)7-6-12-10-13(11-16-12)19-14(18)17-8-4-5-9-17/h12-13,16H,4-5,8-11H2,1-3H3/t12?,13-/m1/s1. The Morgan fingerprint density at radius 3 is 2.63 bits per heavy atom. The largest absolute Gasteiger partial charge is 0.445 e. The third-order valence-corrected chi connectivity index (χ3v) is 3.34. The normalized spacial score (nSPS) is 27.0. The van der Waals surface area contributed by atoms with Crippen molar-refractivity contribution in [3.8, 4) is 11.8 Å². The van der Waals surface area contributed by atoms with E-state index in [1.807, 2.05) is 0 Å². The minimum atomic E-state index is -0.159. The van der Waals surface area contributed by atoms with Gasteiger partial charge >= 0.3 is 6.09 Å².